The van der Waals surface area contributed by atoms with Crippen molar-refractivity contribution in [2.75, 3.05) is 12.8 Å². The first-order valence-electron chi connectivity index (χ1n) is 8.82. The summed E-state index contributed by atoms with van der Waals surface area (Å²) in [6.07, 6.45) is 3.88. The Labute approximate surface area is 168 Å². The van der Waals surface area contributed by atoms with Gasteiger partial charge in [-0.05, 0) is 6.92 Å². The summed E-state index contributed by atoms with van der Waals surface area (Å²) < 4.78 is 7.36. The molecule has 2 bridgehead atoms. The summed E-state index contributed by atoms with van der Waals surface area (Å²) in [4.78, 5) is 23.2. The molecule has 2 N–H and O–H groups in total. The summed E-state index contributed by atoms with van der Waals surface area (Å²) in [5.74, 6) is -0.0878. The molecule has 0 aliphatic carbocycles. The van der Waals surface area contributed by atoms with Gasteiger partial charge in [0.15, 0.2) is 5.82 Å². The molecule has 29 heavy (non-hydrogen) atoms. The molecule has 148 valence electrons. The molecular weight excluding hydrogens is 370 g/mol. The first-order valence-corrected chi connectivity index (χ1v) is 8.82. The Morgan fingerprint density at radius 2 is 2.10 bits per heavy atom. The minimum absolute atomic E-state index is 0.0913. The third-order valence-electron chi connectivity index (χ3n) is 4.67. The van der Waals surface area contributed by atoms with Gasteiger partial charge in [-0.15, -0.1) is 0 Å². The number of nitrogens with zero attached hydrogens (tertiary/aromatic N) is 6. The predicted octanol–water partition coefficient (Wildman–Crippen LogP) is 1.74. The Hall–Kier alpha value is -3.93. The van der Waals surface area contributed by atoms with E-state index in [1.807, 2.05) is 0 Å². The highest BCUT2D eigenvalue weighted by atomic mass is 16.5. The summed E-state index contributed by atoms with van der Waals surface area (Å²) in [6, 6.07) is 2.13. The number of aromatic nitrogens is 4. The van der Waals surface area contributed by atoms with E-state index in [1.165, 1.54) is 21.9 Å². The van der Waals surface area contributed by atoms with Gasteiger partial charge in [-0.25, -0.2) is 9.97 Å². The van der Waals surface area contributed by atoms with E-state index < -0.39 is 6.10 Å². The number of hydrogen-bond donors (Lipinski definition) is 1. The number of nitriles is 1. The quantitative estimate of drug-likeness (QED) is 0.827. The van der Waals surface area contributed by atoms with Crippen molar-refractivity contribution in [1.82, 2.24) is 24.6 Å². The van der Waals surface area contributed by atoms with Crippen LogP contribution < -0.4 is 10.5 Å². The van der Waals surface area contributed by atoms with Gasteiger partial charge in [0.25, 0.3) is 11.8 Å². The van der Waals surface area contributed by atoms with E-state index >= 15 is 0 Å². The van der Waals surface area contributed by atoms with Crippen LogP contribution >= 0.6 is 0 Å². The molecule has 3 rings (SSSR count). The van der Waals surface area contributed by atoms with Gasteiger partial charge in [-0.2, -0.15) is 10.4 Å². The van der Waals surface area contributed by atoms with Crippen LogP contribution in [-0.4, -0.2) is 43.7 Å². The van der Waals surface area contributed by atoms with E-state index in [2.05, 4.69) is 34.3 Å². The summed E-state index contributed by atoms with van der Waals surface area (Å²) in [5, 5.41) is 14.0. The van der Waals surface area contributed by atoms with Crippen molar-refractivity contribution in [2.24, 2.45) is 7.05 Å². The van der Waals surface area contributed by atoms with Gasteiger partial charge >= 0.3 is 0 Å². The van der Waals surface area contributed by atoms with Gasteiger partial charge in [0, 0.05) is 25.2 Å². The topological polar surface area (TPSA) is 123 Å². The Kier molecular flexibility index (Phi) is 5.19. The minimum atomic E-state index is -0.590. The van der Waals surface area contributed by atoms with Crippen molar-refractivity contribution in [3.63, 3.8) is 0 Å². The lowest BCUT2D eigenvalue weighted by Gasteiger charge is -2.23. The summed E-state index contributed by atoms with van der Waals surface area (Å²) in [6.45, 7) is 9.47. The van der Waals surface area contributed by atoms with Crippen molar-refractivity contribution < 1.29 is 9.53 Å². The van der Waals surface area contributed by atoms with Crippen LogP contribution in [0.4, 0.5) is 5.82 Å². The molecule has 0 fully saturated rings. The molecule has 0 aromatic carbocycles. The molecule has 1 aliphatic rings. The molecule has 2 aromatic rings. The lowest BCUT2D eigenvalue weighted by molar-refractivity contribution is -0.126. The second kappa shape index (κ2) is 7.59. The Balaban J connectivity index is 2.32. The molecule has 1 aliphatic heterocycles. The van der Waals surface area contributed by atoms with Crippen LogP contribution in [0.25, 0.3) is 11.3 Å². The molecule has 1 atom stereocenters. The van der Waals surface area contributed by atoms with E-state index in [0.29, 0.717) is 33.8 Å². The molecule has 1 amide bonds. The van der Waals surface area contributed by atoms with E-state index in [4.69, 9.17) is 10.5 Å². The highest BCUT2D eigenvalue weighted by Gasteiger charge is 2.27. The maximum absolute atomic E-state index is 13.1. The van der Waals surface area contributed by atoms with Crippen LogP contribution in [0.3, 0.4) is 0 Å². The van der Waals surface area contributed by atoms with Crippen molar-refractivity contribution in [3.05, 3.63) is 54.0 Å². The fourth-order valence-electron chi connectivity index (χ4n) is 3.23. The van der Waals surface area contributed by atoms with E-state index in [9.17, 15) is 10.1 Å². The average molecular weight is 391 g/mol. The number of hydrogen-bond acceptors (Lipinski definition) is 7. The number of nitrogens with two attached hydrogens (primary N) is 1. The number of ether oxygens (including phenoxy) is 1. The SMILES string of the molecule is C=CC1=C(C=C)C(C)Oc2nc(cnc2N)-c2c(nn(C)c2C#N)CN(C)C1=O. The summed E-state index contributed by atoms with van der Waals surface area (Å²) in [7, 11) is 3.30. The molecule has 0 saturated heterocycles. The van der Waals surface area contributed by atoms with Crippen LogP contribution in [0.15, 0.2) is 42.7 Å². The lowest BCUT2D eigenvalue weighted by Crippen LogP contribution is -2.30. The molecule has 0 saturated carbocycles. The van der Waals surface area contributed by atoms with Crippen molar-refractivity contribution in [1.29, 1.82) is 5.26 Å². The summed E-state index contributed by atoms with van der Waals surface area (Å²) in [5.41, 5.74) is 8.50. The number of likely N-dealkylation sites (N-methyl/N-ethyl adjacent to an activating group) is 1. The highest BCUT2D eigenvalue weighted by molar-refractivity contribution is 5.97. The molecular formula is C20H21N7O2. The molecule has 1 unspecified atom stereocenters. The number of nitrogen functional groups attached to an aromatic ring is 1. The fraction of sp³-hybridized carbons (Fsp3) is 0.250. The van der Waals surface area contributed by atoms with Gasteiger partial charge in [0.05, 0.1) is 29.7 Å². The number of rotatable bonds is 2. The normalized spacial score (nSPS) is 16.8. The average Bonchev–Trinajstić information content (AvgIpc) is 3.00. The van der Waals surface area contributed by atoms with Gasteiger partial charge < -0.3 is 15.4 Å². The maximum Gasteiger partial charge on any atom is 0.258 e. The molecule has 2 aromatic heterocycles. The van der Waals surface area contributed by atoms with Crippen molar-refractivity contribution in [2.45, 2.75) is 19.6 Å². The second-order valence-electron chi connectivity index (χ2n) is 6.55. The number of aryl methyl sites for hydroxylation is 1. The molecule has 9 nitrogen and oxygen atoms in total. The van der Waals surface area contributed by atoms with Gasteiger partial charge in [-0.1, -0.05) is 25.3 Å². The maximum atomic E-state index is 13.1. The summed E-state index contributed by atoms with van der Waals surface area (Å²) >= 11 is 0. The second-order valence-corrected chi connectivity index (χ2v) is 6.55. The standard InChI is InChI=1S/C20H21N7O2/c1-6-12-11(3)29-19-18(22)23-9-14(24-19)17-15(25-27(5)16(17)8-21)10-26(4)20(28)13(12)7-2/h6-7,9,11H,1-2,10H2,3-5H3,(H2,22,23). The number of fused-ring (bicyclic) bond motifs is 4. The van der Waals surface area contributed by atoms with Crippen LogP contribution in [-0.2, 0) is 18.4 Å². The Bertz CT molecular complexity index is 1090. The monoisotopic (exact) mass is 391 g/mol. The van der Waals surface area contributed by atoms with E-state index in [1.54, 1.807) is 27.1 Å². The first-order chi connectivity index (χ1) is 13.8. The number of carbonyl (C=O) groups is 1. The van der Waals surface area contributed by atoms with Gasteiger partial charge in [-0.3, -0.25) is 9.48 Å². The van der Waals surface area contributed by atoms with Crippen molar-refractivity contribution in [3.8, 4) is 23.2 Å². The van der Waals surface area contributed by atoms with Gasteiger partial charge in [0.2, 0.25) is 0 Å². The van der Waals surface area contributed by atoms with E-state index in [0.717, 1.165) is 0 Å². The zero-order valence-corrected chi connectivity index (χ0v) is 16.5. The van der Waals surface area contributed by atoms with Crippen LogP contribution in [0, 0.1) is 11.3 Å². The van der Waals surface area contributed by atoms with Crippen molar-refractivity contribution >= 4 is 11.7 Å². The number of carbonyl (C=O) groups excluding carboxylic acids is 1. The third kappa shape index (κ3) is 3.36. The molecule has 0 spiro atoms. The smallest absolute Gasteiger partial charge is 0.258 e. The Morgan fingerprint density at radius 3 is 2.72 bits per heavy atom. The fourth-order valence-corrected chi connectivity index (χ4v) is 3.23. The van der Waals surface area contributed by atoms with E-state index in [-0.39, 0.29) is 24.1 Å². The number of anilines is 1. The number of amides is 1. The van der Waals surface area contributed by atoms with Gasteiger partial charge in [0.1, 0.15) is 17.9 Å². The van der Waals surface area contributed by atoms with Crippen LogP contribution in [0.5, 0.6) is 5.88 Å². The molecule has 9 heteroatoms. The predicted molar refractivity (Wildman–Crippen MR) is 107 cm³/mol. The van der Waals surface area contributed by atoms with Crippen LogP contribution in [0.1, 0.15) is 18.3 Å². The largest absolute Gasteiger partial charge is 0.467 e. The first kappa shape index (κ1) is 19.8. The van der Waals surface area contributed by atoms with Crippen LogP contribution in [0.2, 0.25) is 0 Å². The zero-order valence-electron chi connectivity index (χ0n) is 16.5. The molecule has 3 heterocycles. The zero-order chi connectivity index (χ0) is 21.3. The third-order valence-corrected chi connectivity index (χ3v) is 4.67. The highest BCUT2D eigenvalue weighted by Crippen LogP contribution is 2.31. The lowest BCUT2D eigenvalue weighted by atomic mass is 10.0. The minimum Gasteiger partial charge on any atom is -0.467 e. The Morgan fingerprint density at radius 1 is 1.38 bits per heavy atom. The molecule has 0 radical (unpaired) electrons.